The summed E-state index contributed by atoms with van der Waals surface area (Å²) in [6, 6.07) is 6.13. The van der Waals surface area contributed by atoms with Gasteiger partial charge in [0.05, 0.1) is 10.4 Å². The predicted octanol–water partition coefficient (Wildman–Crippen LogP) is 5.14. The average molecular weight is 508 g/mol. The molecule has 2 amide bonds. The zero-order valence-corrected chi connectivity index (χ0v) is 22.1. The van der Waals surface area contributed by atoms with E-state index in [0.29, 0.717) is 31.7 Å². The topological polar surface area (TPSA) is 78.4 Å². The number of hydrogen-bond acceptors (Lipinski definition) is 7. The third kappa shape index (κ3) is 5.74. The second-order valence-corrected chi connectivity index (χ2v) is 11.0. The van der Waals surface area contributed by atoms with E-state index in [1.54, 1.807) is 28.0 Å². The molecule has 0 unspecified atom stereocenters. The lowest BCUT2D eigenvalue weighted by Gasteiger charge is -2.34. The van der Waals surface area contributed by atoms with Gasteiger partial charge in [0.25, 0.3) is 5.91 Å². The summed E-state index contributed by atoms with van der Waals surface area (Å²) < 4.78 is 1.03. The lowest BCUT2D eigenvalue weighted by Crippen LogP contribution is -2.50. The van der Waals surface area contributed by atoms with Crippen molar-refractivity contribution in [2.75, 3.05) is 31.5 Å². The molecule has 0 atom stereocenters. The van der Waals surface area contributed by atoms with Crippen molar-refractivity contribution < 1.29 is 9.59 Å². The maximum atomic E-state index is 13.3. The van der Waals surface area contributed by atoms with Crippen LogP contribution in [0, 0.1) is 27.7 Å². The van der Waals surface area contributed by atoms with Crippen LogP contribution >= 0.6 is 23.1 Å². The van der Waals surface area contributed by atoms with Gasteiger partial charge >= 0.3 is 0 Å². The highest BCUT2D eigenvalue weighted by Gasteiger charge is 2.25. The largest absolute Gasteiger partial charge is 0.336 e. The molecule has 182 valence electrons. The fraction of sp³-hybridized carbons (Fsp3) is 0.308. The van der Waals surface area contributed by atoms with E-state index < -0.39 is 0 Å². The lowest BCUT2D eigenvalue weighted by atomic mass is 10.0. The fourth-order valence-electron chi connectivity index (χ4n) is 4.02. The van der Waals surface area contributed by atoms with Crippen LogP contribution in [-0.2, 0) is 4.79 Å². The molecule has 7 nitrogen and oxygen atoms in total. The summed E-state index contributed by atoms with van der Waals surface area (Å²) in [5, 5.41) is 4.08. The maximum absolute atomic E-state index is 13.3. The Hall–Kier alpha value is -3.17. The van der Waals surface area contributed by atoms with Crippen LogP contribution in [0.3, 0.4) is 0 Å². The number of pyridine rings is 1. The van der Waals surface area contributed by atoms with Gasteiger partial charge in [0.1, 0.15) is 5.82 Å². The van der Waals surface area contributed by atoms with Crippen LogP contribution in [0.25, 0.3) is 0 Å². The smallest absolute Gasteiger partial charge is 0.254 e. The summed E-state index contributed by atoms with van der Waals surface area (Å²) in [5.74, 6) is 0.715. The molecule has 1 saturated heterocycles. The second kappa shape index (κ2) is 10.6. The Morgan fingerprint density at radius 2 is 1.69 bits per heavy atom. The van der Waals surface area contributed by atoms with E-state index in [1.807, 2.05) is 44.1 Å². The van der Waals surface area contributed by atoms with Crippen LogP contribution < -0.4 is 5.32 Å². The van der Waals surface area contributed by atoms with Crippen LogP contribution in [0.15, 0.2) is 52.4 Å². The lowest BCUT2D eigenvalue weighted by molar-refractivity contribution is -0.127. The van der Waals surface area contributed by atoms with E-state index in [-0.39, 0.29) is 11.8 Å². The molecule has 0 aliphatic carbocycles. The van der Waals surface area contributed by atoms with Gasteiger partial charge in [-0.1, -0.05) is 41.8 Å². The molecule has 0 saturated carbocycles. The van der Waals surface area contributed by atoms with Crippen LogP contribution in [0.5, 0.6) is 0 Å². The van der Waals surface area contributed by atoms with Crippen molar-refractivity contribution >= 4 is 45.9 Å². The number of aryl methyl sites for hydroxylation is 4. The van der Waals surface area contributed by atoms with Gasteiger partial charge < -0.3 is 15.1 Å². The van der Waals surface area contributed by atoms with Crippen molar-refractivity contribution in [3.05, 3.63) is 71.1 Å². The third-order valence-electron chi connectivity index (χ3n) is 5.94. The van der Waals surface area contributed by atoms with E-state index in [9.17, 15) is 9.59 Å². The first-order valence-electron chi connectivity index (χ1n) is 11.4. The number of nitrogens with zero attached hydrogens (tertiary/aromatic N) is 4. The molecule has 0 bridgehead atoms. The van der Waals surface area contributed by atoms with E-state index >= 15 is 0 Å². The van der Waals surface area contributed by atoms with Crippen molar-refractivity contribution in [1.29, 1.82) is 0 Å². The van der Waals surface area contributed by atoms with Crippen molar-refractivity contribution in [1.82, 2.24) is 19.8 Å². The molecule has 2 aromatic heterocycles. The zero-order chi connectivity index (χ0) is 25.1. The molecule has 9 heteroatoms. The number of carbonyl (C=O) groups excluding carboxylic acids is 2. The quantitative estimate of drug-likeness (QED) is 0.466. The molecule has 0 radical (unpaired) electrons. The zero-order valence-electron chi connectivity index (χ0n) is 20.4. The Balaban J connectivity index is 1.47. The normalized spacial score (nSPS) is 13.6. The van der Waals surface area contributed by atoms with Crippen LogP contribution in [0.4, 0.5) is 10.9 Å². The number of benzene rings is 1. The third-order valence-corrected chi connectivity index (χ3v) is 8.11. The minimum Gasteiger partial charge on any atom is -0.336 e. The fourth-order valence-corrected chi connectivity index (χ4v) is 5.96. The Kier molecular flexibility index (Phi) is 7.57. The number of anilines is 2. The van der Waals surface area contributed by atoms with Gasteiger partial charge in [-0.3, -0.25) is 9.59 Å². The minimum atomic E-state index is -0.0889. The summed E-state index contributed by atoms with van der Waals surface area (Å²) in [6.07, 6.45) is 5.01. The van der Waals surface area contributed by atoms with Gasteiger partial charge in [0.15, 0.2) is 5.13 Å². The van der Waals surface area contributed by atoms with Gasteiger partial charge in [-0.25, -0.2) is 9.97 Å². The second-order valence-electron chi connectivity index (χ2n) is 8.64. The number of piperazine rings is 1. The van der Waals surface area contributed by atoms with E-state index in [1.165, 1.54) is 6.08 Å². The van der Waals surface area contributed by atoms with Crippen LogP contribution in [0.1, 0.15) is 32.6 Å². The maximum Gasteiger partial charge on any atom is 0.254 e. The number of aromatic nitrogens is 2. The first-order chi connectivity index (χ1) is 16.7. The average Bonchev–Trinajstić information content (AvgIpc) is 3.28. The number of carbonyl (C=O) groups is 2. The molecule has 1 aliphatic heterocycles. The van der Waals surface area contributed by atoms with Gasteiger partial charge in [0, 0.05) is 42.8 Å². The molecule has 4 rings (SSSR count). The summed E-state index contributed by atoms with van der Waals surface area (Å²) in [5.41, 5.74) is 4.96. The molecular formula is C26H29N5O2S2. The summed E-state index contributed by atoms with van der Waals surface area (Å²) in [7, 11) is 0. The SMILES string of the molecule is C=CC(=O)N1CCN(C(=O)c2cc(Sc3cnc(Nc4ncc(C)cc4C)s3)c(C)cc2C)CC1. The molecule has 1 aliphatic rings. The minimum absolute atomic E-state index is 0.00244. The first kappa shape index (κ1) is 24.9. The van der Waals surface area contributed by atoms with Gasteiger partial charge in [-0.05, 0) is 62.1 Å². The molecule has 35 heavy (non-hydrogen) atoms. The Bertz CT molecular complexity index is 1280. The number of hydrogen-bond donors (Lipinski definition) is 1. The predicted molar refractivity (Wildman–Crippen MR) is 142 cm³/mol. The highest BCUT2D eigenvalue weighted by molar-refractivity contribution is 8.01. The molecule has 1 fully saturated rings. The molecule has 3 heterocycles. The number of amides is 2. The molecule has 1 aromatic carbocycles. The van der Waals surface area contributed by atoms with Gasteiger partial charge in [-0.2, -0.15) is 0 Å². The number of nitrogens with one attached hydrogen (secondary N) is 1. The van der Waals surface area contributed by atoms with Crippen LogP contribution in [0.2, 0.25) is 0 Å². The molecule has 3 aromatic rings. The van der Waals surface area contributed by atoms with Crippen molar-refractivity contribution in [3.63, 3.8) is 0 Å². The number of thiazole rings is 1. The van der Waals surface area contributed by atoms with Crippen LogP contribution in [-0.4, -0.2) is 57.8 Å². The van der Waals surface area contributed by atoms with Crippen molar-refractivity contribution in [2.24, 2.45) is 0 Å². The van der Waals surface area contributed by atoms with E-state index in [2.05, 4.69) is 40.9 Å². The standard InChI is InChI=1S/C26H29N5O2S2/c1-6-22(32)30-7-9-31(10-8-30)25(33)20-13-21(18(4)12-17(20)3)34-23-15-28-26(35-23)29-24-19(5)11-16(2)14-27-24/h6,11-15H,1,7-10H2,2-5H3,(H,27,28,29). The van der Waals surface area contributed by atoms with Crippen molar-refractivity contribution in [3.8, 4) is 0 Å². The summed E-state index contributed by atoms with van der Waals surface area (Å²) in [6.45, 7) is 13.7. The van der Waals surface area contributed by atoms with Gasteiger partial charge in [0.2, 0.25) is 5.91 Å². The molecule has 0 spiro atoms. The molecule has 1 N–H and O–H groups in total. The molecular weight excluding hydrogens is 478 g/mol. The highest BCUT2D eigenvalue weighted by atomic mass is 32.2. The van der Waals surface area contributed by atoms with E-state index in [0.717, 1.165) is 42.3 Å². The van der Waals surface area contributed by atoms with Gasteiger partial charge in [-0.15, -0.1) is 0 Å². The Morgan fingerprint density at radius 3 is 2.37 bits per heavy atom. The Labute approximate surface area is 214 Å². The van der Waals surface area contributed by atoms with E-state index in [4.69, 9.17) is 0 Å². The highest BCUT2D eigenvalue weighted by Crippen LogP contribution is 2.37. The monoisotopic (exact) mass is 507 g/mol. The Morgan fingerprint density at radius 1 is 0.971 bits per heavy atom. The number of rotatable bonds is 6. The summed E-state index contributed by atoms with van der Waals surface area (Å²) in [4.78, 5) is 38.7. The summed E-state index contributed by atoms with van der Waals surface area (Å²) >= 11 is 3.16. The first-order valence-corrected chi connectivity index (χ1v) is 13.0. The van der Waals surface area contributed by atoms with Crippen molar-refractivity contribution in [2.45, 2.75) is 36.8 Å².